The summed E-state index contributed by atoms with van der Waals surface area (Å²) in [6.45, 7) is 0.275. The maximum Gasteiger partial charge on any atom is 0.326 e. The van der Waals surface area contributed by atoms with E-state index in [2.05, 4.69) is 0 Å². The molecule has 1 N–H and O–H groups in total. The zero-order chi connectivity index (χ0) is 18.7. The lowest BCUT2D eigenvalue weighted by Gasteiger charge is -2.34. The topological polar surface area (TPSA) is 57.6 Å². The molecule has 1 unspecified atom stereocenters. The molecular weight excluding hydrogens is 340 g/mol. The van der Waals surface area contributed by atoms with Crippen LogP contribution in [0.3, 0.4) is 0 Å². The summed E-state index contributed by atoms with van der Waals surface area (Å²) in [7, 11) is 0. The lowest BCUT2D eigenvalue weighted by molar-refractivity contribution is -0.151. The second kappa shape index (κ2) is 7.64. The van der Waals surface area contributed by atoms with E-state index in [1.807, 2.05) is 24.3 Å². The zero-order valence-electron chi connectivity index (χ0n) is 14.1. The van der Waals surface area contributed by atoms with E-state index in [4.69, 9.17) is 0 Å². The standard InChI is InChI=1S/C20H19F2NO3/c21-16-9-8-13(10-17(16)22)4-3-7-19(24)23-12-15-6-2-1-5-14(15)11-18(23)20(25)26/h1-2,5-6,8-10,18H,3-4,7,11-12H2,(H,25,26). The fraction of sp³-hybridized carbons (Fsp3) is 0.300. The molecule has 4 nitrogen and oxygen atoms in total. The highest BCUT2D eigenvalue weighted by atomic mass is 19.2. The van der Waals surface area contributed by atoms with Crippen molar-refractivity contribution >= 4 is 11.9 Å². The van der Waals surface area contributed by atoms with Gasteiger partial charge in [-0.05, 0) is 41.7 Å². The number of hydrogen-bond acceptors (Lipinski definition) is 2. The Hall–Kier alpha value is -2.76. The molecule has 0 saturated heterocycles. The average molecular weight is 359 g/mol. The molecule has 26 heavy (non-hydrogen) atoms. The van der Waals surface area contributed by atoms with Crippen LogP contribution in [0.25, 0.3) is 0 Å². The van der Waals surface area contributed by atoms with Gasteiger partial charge in [-0.25, -0.2) is 13.6 Å². The summed E-state index contributed by atoms with van der Waals surface area (Å²) in [5.74, 6) is -3.07. The van der Waals surface area contributed by atoms with Gasteiger partial charge in [0.2, 0.25) is 5.91 Å². The molecule has 1 amide bonds. The average Bonchev–Trinajstić information content (AvgIpc) is 2.63. The molecular formula is C20H19F2NO3. The number of halogens is 2. The molecule has 0 spiro atoms. The number of carboxylic acid groups (broad SMARTS) is 1. The van der Waals surface area contributed by atoms with E-state index < -0.39 is 23.6 Å². The molecule has 0 bridgehead atoms. The van der Waals surface area contributed by atoms with Crippen LogP contribution < -0.4 is 0 Å². The zero-order valence-corrected chi connectivity index (χ0v) is 14.1. The molecule has 2 aromatic rings. The van der Waals surface area contributed by atoms with Gasteiger partial charge in [0.05, 0.1) is 0 Å². The van der Waals surface area contributed by atoms with Crippen LogP contribution in [0.2, 0.25) is 0 Å². The Bertz CT molecular complexity index is 838. The largest absolute Gasteiger partial charge is 0.480 e. The lowest BCUT2D eigenvalue weighted by Crippen LogP contribution is -2.48. The van der Waals surface area contributed by atoms with Crippen LogP contribution in [-0.4, -0.2) is 27.9 Å². The van der Waals surface area contributed by atoms with E-state index in [1.54, 1.807) is 0 Å². The summed E-state index contributed by atoms with van der Waals surface area (Å²) in [5.41, 5.74) is 2.51. The van der Waals surface area contributed by atoms with Gasteiger partial charge in [-0.15, -0.1) is 0 Å². The quantitative estimate of drug-likeness (QED) is 0.891. The maximum atomic E-state index is 13.2. The van der Waals surface area contributed by atoms with Crippen molar-refractivity contribution in [2.24, 2.45) is 0 Å². The third-order valence-electron chi connectivity index (χ3n) is 4.69. The number of carbonyl (C=O) groups excluding carboxylic acids is 1. The number of fused-ring (bicyclic) bond motifs is 1. The molecule has 3 rings (SSSR count). The predicted octanol–water partition coefficient (Wildman–Crippen LogP) is 3.33. The van der Waals surface area contributed by atoms with Crippen LogP contribution in [0, 0.1) is 11.6 Å². The van der Waals surface area contributed by atoms with E-state index in [0.29, 0.717) is 24.8 Å². The highest BCUT2D eigenvalue weighted by molar-refractivity contribution is 5.84. The van der Waals surface area contributed by atoms with E-state index in [9.17, 15) is 23.5 Å². The van der Waals surface area contributed by atoms with Crippen LogP contribution in [0.1, 0.15) is 29.5 Å². The monoisotopic (exact) mass is 359 g/mol. The SMILES string of the molecule is O=C(O)C1Cc2ccccc2CN1C(=O)CCCc1ccc(F)c(F)c1. The Kier molecular flexibility index (Phi) is 5.30. The van der Waals surface area contributed by atoms with Crippen LogP contribution in [-0.2, 0) is 29.0 Å². The summed E-state index contributed by atoms with van der Waals surface area (Å²) < 4.78 is 26.2. The number of rotatable bonds is 5. The van der Waals surface area contributed by atoms with Crippen molar-refractivity contribution in [1.29, 1.82) is 0 Å². The number of carbonyl (C=O) groups is 2. The highest BCUT2D eigenvalue weighted by Crippen LogP contribution is 2.24. The van der Waals surface area contributed by atoms with Crippen molar-refractivity contribution < 1.29 is 23.5 Å². The summed E-state index contributed by atoms with van der Waals surface area (Å²) in [6.07, 6.45) is 1.31. The molecule has 136 valence electrons. The molecule has 1 aliphatic heterocycles. The number of nitrogens with zero attached hydrogens (tertiary/aromatic N) is 1. The Morgan fingerprint density at radius 3 is 2.50 bits per heavy atom. The fourth-order valence-electron chi connectivity index (χ4n) is 3.29. The van der Waals surface area contributed by atoms with Crippen molar-refractivity contribution in [2.75, 3.05) is 0 Å². The minimum Gasteiger partial charge on any atom is -0.480 e. The second-order valence-electron chi connectivity index (χ2n) is 6.45. The van der Waals surface area contributed by atoms with Crippen molar-refractivity contribution in [1.82, 2.24) is 4.90 Å². The normalized spacial score (nSPS) is 16.2. The van der Waals surface area contributed by atoms with E-state index >= 15 is 0 Å². The molecule has 6 heteroatoms. The van der Waals surface area contributed by atoms with Gasteiger partial charge in [-0.3, -0.25) is 4.79 Å². The molecule has 1 heterocycles. The van der Waals surface area contributed by atoms with Crippen molar-refractivity contribution in [3.05, 3.63) is 70.8 Å². The third-order valence-corrected chi connectivity index (χ3v) is 4.69. The molecule has 0 fully saturated rings. The molecule has 2 aromatic carbocycles. The molecule has 1 aliphatic rings. The molecule has 1 atom stereocenters. The minimum absolute atomic E-state index is 0.158. The fourth-order valence-corrected chi connectivity index (χ4v) is 3.29. The lowest BCUT2D eigenvalue weighted by atomic mass is 9.93. The molecule has 0 saturated carbocycles. The predicted molar refractivity (Wildman–Crippen MR) is 91.4 cm³/mol. The van der Waals surface area contributed by atoms with Gasteiger partial charge in [0.25, 0.3) is 0 Å². The maximum absolute atomic E-state index is 13.2. The highest BCUT2D eigenvalue weighted by Gasteiger charge is 2.33. The van der Waals surface area contributed by atoms with Crippen molar-refractivity contribution in [2.45, 2.75) is 38.3 Å². The first-order chi connectivity index (χ1) is 12.5. The van der Waals surface area contributed by atoms with Crippen molar-refractivity contribution in [3.63, 3.8) is 0 Å². The van der Waals surface area contributed by atoms with Crippen molar-refractivity contribution in [3.8, 4) is 0 Å². The number of carboxylic acids is 1. The minimum atomic E-state index is -1.02. The Balaban J connectivity index is 1.64. The van der Waals surface area contributed by atoms with Gasteiger partial charge in [0, 0.05) is 19.4 Å². The van der Waals surface area contributed by atoms with Crippen LogP contribution in [0.15, 0.2) is 42.5 Å². The molecule has 0 radical (unpaired) electrons. The van der Waals surface area contributed by atoms with E-state index in [1.165, 1.54) is 11.0 Å². The summed E-state index contributed by atoms with van der Waals surface area (Å²) in [4.78, 5) is 25.5. The first kappa shape index (κ1) is 18.0. The van der Waals surface area contributed by atoms with Gasteiger partial charge in [-0.2, -0.15) is 0 Å². The summed E-state index contributed by atoms with van der Waals surface area (Å²) in [6, 6.07) is 10.3. The van der Waals surface area contributed by atoms with E-state index in [-0.39, 0.29) is 18.9 Å². The first-order valence-corrected chi connectivity index (χ1v) is 8.48. The van der Waals surface area contributed by atoms with Gasteiger partial charge in [-0.1, -0.05) is 30.3 Å². The Morgan fingerprint density at radius 1 is 1.08 bits per heavy atom. The molecule has 0 aromatic heterocycles. The van der Waals surface area contributed by atoms with Crippen LogP contribution in [0.4, 0.5) is 8.78 Å². The van der Waals surface area contributed by atoms with E-state index in [0.717, 1.165) is 23.3 Å². The van der Waals surface area contributed by atoms with Crippen LogP contribution >= 0.6 is 0 Å². The number of aryl methyl sites for hydroxylation is 1. The first-order valence-electron chi connectivity index (χ1n) is 8.48. The summed E-state index contributed by atoms with van der Waals surface area (Å²) >= 11 is 0. The summed E-state index contributed by atoms with van der Waals surface area (Å²) in [5, 5.41) is 9.47. The van der Waals surface area contributed by atoms with Gasteiger partial charge >= 0.3 is 5.97 Å². The number of amides is 1. The van der Waals surface area contributed by atoms with Gasteiger partial charge in [0.15, 0.2) is 11.6 Å². The van der Waals surface area contributed by atoms with Gasteiger partial charge < -0.3 is 10.0 Å². The third kappa shape index (κ3) is 3.90. The van der Waals surface area contributed by atoms with Gasteiger partial charge in [0.1, 0.15) is 6.04 Å². The van der Waals surface area contributed by atoms with Crippen LogP contribution in [0.5, 0.6) is 0 Å². The number of aliphatic carboxylic acids is 1. The number of hydrogen-bond donors (Lipinski definition) is 1. The molecule has 0 aliphatic carbocycles. The Morgan fingerprint density at radius 2 is 1.81 bits per heavy atom. The number of benzene rings is 2. The Labute approximate surface area is 150 Å². The second-order valence-corrected chi connectivity index (χ2v) is 6.45. The smallest absolute Gasteiger partial charge is 0.326 e.